The predicted octanol–water partition coefficient (Wildman–Crippen LogP) is -0.0543. The molecular weight excluding hydrogens is 234 g/mol. The molecule has 1 saturated heterocycles. The molecule has 0 bridgehead atoms. The number of nitrogens with zero attached hydrogens (tertiary/aromatic N) is 2. The molecule has 0 spiro atoms. The van der Waals surface area contributed by atoms with E-state index in [1.165, 1.54) is 17.8 Å². The Morgan fingerprint density at radius 2 is 1.94 bits per heavy atom. The fourth-order valence-electron chi connectivity index (χ4n) is 2.10. The zero-order valence-electron chi connectivity index (χ0n) is 10.6. The highest BCUT2D eigenvalue weighted by Gasteiger charge is 2.23. The molecule has 1 aromatic rings. The van der Waals surface area contributed by atoms with E-state index in [0.717, 1.165) is 12.8 Å². The summed E-state index contributed by atoms with van der Waals surface area (Å²) in [6.07, 6.45) is 3.21. The van der Waals surface area contributed by atoms with E-state index in [4.69, 9.17) is 0 Å². The lowest BCUT2D eigenvalue weighted by Gasteiger charge is -2.30. The summed E-state index contributed by atoms with van der Waals surface area (Å²) in [6, 6.07) is 0. The van der Waals surface area contributed by atoms with E-state index in [0.29, 0.717) is 19.0 Å². The van der Waals surface area contributed by atoms with Gasteiger partial charge in [0.1, 0.15) is 5.56 Å². The molecule has 1 fully saturated rings. The van der Waals surface area contributed by atoms with Gasteiger partial charge in [0.2, 0.25) is 0 Å². The molecule has 2 heterocycles. The summed E-state index contributed by atoms with van der Waals surface area (Å²) < 4.78 is 1.21. The first kappa shape index (κ1) is 12.6. The van der Waals surface area contributed by atoms with Gasteiger partial charge in [-0.25, -0.2) is 4.79 Å². The zero-order chi connectivity index (χ0) is 13.3. The molecule has 0 unspecified atom stereocenters. The van der Waals surface area contributed by atoms with E-state index in [1.807, 2.05) is 0 Å². The second-order valence-electron chi connectivity index (χ2n) is 4.89. The standard InChI is InChI=1S/C12H17N3O3/c1-8-3-5-15(6-4-8)11(17)9-7-14(2)12(18)13-10(9)16/h7-8H,3-6H2,1-2H3,(H,13,16,18). The second-order valence-corrected chi connectivity index (χ2v) is 4.89. The van der Waals surface area contributed by atoms with Gasteiger partial charge < -0.3 is 9.47 Å². The van der Waals surface area contributed by atoms with Crippen molar-refractivity contribution in [3.63, 3.8) is 0 Å². The summed E-state index contributed by atoms with van der Waals surface area (Å²) in [4.78, 5) is 38.8. The Kier molecular flexibility index (Phi) is 3.36. The third-order valence-corrected chi connectivity index (χ3v) is 3.41. The highest BCUT2D eigenvalue weighted by molar-refractivity contribution is 5.93. The van der Waals surface area contributed by atoms with Crippen molar-refractivity contribution >= 4 is 5.91 Å². The molecule has 98 valence electrons. The molecule has 6 heteroatoms. The van der Waals surface area contributed by atoms with Gasteiger partial charge in [-0.15, -0.1) is 0 Å². The lowest BCUT2D eigenvalue weighted by Crippen LogP contribution is -2.42. The van der Waals surface area contributed by atoms with Crippen LogP contribution in [0.4, 0.5) is 0 Å². The highest BCUT2D eigenvalue weighted by Crippen LogP contribution is 2.16. The van der Waals surface area contributed by atoms with Crippen molar-refractivity contribution in [2.24, 2.45) is 13.0 Å². The van der Waals surface area contributed by atoms with Crippen molar-refractivity contribution in [2.75, 3.05) is 13.1 Å². The van der Waals surface area contributed by atoms with E-state index >= 15 is 0 Å². The molecule has 1 aromatic heterocycles. The molecule has 1 amide bonds. The summed E-state index contributed by atoms with van der Waals surface area (Å²) in [5.74, 6) is 0.325. The average molecular weight is 251 g/mol. The van der Waals surface area contributed by atoms with E-state index in [9.17, 15) is 14.4 Å². The van der Waals surface area contributed by atoms with Gasteiger partial charge in [0.05, 0.1) is 0 Å². The van der Waals surface area contributed by atoms with Crippen LogP contribution < -0.4 is 11.2 Å². The Hall–Kier alpha value is -1.85. The first-order valence-corrected chi connectivity index (χ1v) is 6.08. The molecule has 0 aromatic carbocycles. The molecule has 18 heavy (non-hydrogen) atoms. The number of carbonyl (C=O) groups is 1. The zero-order valence-corrected chi connectivity index (χ0v) is 10.6. The average Bonchev–Trinajstić information content (AvgIpc) is 2.34. The van der Waals surface area contributed by atoms with Gasteiger partial charge in [-0.3, -0.25) is 14.6 Å². The van der Waals surface area contributed by atoms with Crippen molar-refractivity contribution in [3.8, 4) is 0 Å². The smallest absolute Gasteiger partial charge is 0.328 e. The fourth-order valence-corrected chi connectivity index (χ4v) is 2.10. The van der Waals surface area contributed by atoms with Crippen molar-refractivity contribution < 1.29 is 4.79 Å². The minimum absolute atomic E-state index is 0.0339. The number of amides is 1. The van der Waals surface area contributed by atoms with Crippen LogP contribution in [0.3, 0.4) is 0 Å². The van der Waals surface area contributed by atoms with Crippen molar-refractivity contribution in [1.82, 2.24) is 14.5 Å². The number of hydrogen-bond acceptors (Lipinski definition) is 3. The molecular formula is C12H17N3O3. The SMILES string of the molecule is CC1CCN(C(=O)c2cn(C)c(=O)[nH]c2=O)CC1. The number of aromatic amines is 1. The largest absolute Gasteiger partial charge is 0.338 e. The van der Waals surface area contributed by atoms with Gasteiger partial charge in [-0.05, 0) is 18.8 Å². The first-order valence-electron chi connectivity index (χ1n) is 6.08. The van der Waals surface area contributed by atoms with Gasteiger partial charge in [-0.1, -0.05) is 6.92 Å². The van der Waals surface area contributed by atoms with Gasteiger partial charge in [0.25, 0.3) is 11.5 Å². The highest BCUT2D eigenvalue weighted by atomic mass is 16.2. The summed E-state index contributed by atoms with van der Waals surface area (Å²) in [5.41, 5.74) is -1.09. The number of nitrogens with one attached hydrogen (secondary N) is 1. The normalized spacial score (nSPS) is 16.9. The summed E-state index contributed by atoms with van der Waals surface area (Å²) >= 11 is 0. The first-order chi connectivity index (χ1) is 8.49. The van der Waals surface area contributed by atoms with Gasteiger partial charge >= 0.3 is 5.69 Å². The molecule has 2 rings (SSSR count). The van der Waals surface area contributed by atoms with Crippen LogP contribution in [0.15, 0.2) is 15.8 Å². The quantitative estimate of drug-likeness (QED) is 0.760. The number of rotatable bonds is 1. The van der Waals surface area contributed by atoms with Crippen LogP contribution >= 0.6 is 0 Å². The third-order valence-electron chi connectivity index (χ3n) is 3.41. The summed E-state index contributed by atoms with van der Waals surface area (Å²) in [6.45, 7) is 3.49. The van der Waals surface area contributed by atoms with Crippen molar-refractivity contribution in [2.45, 2.75) is 19.8 Å². The predicted molar refractivity (Wildman–Crippen MR) is 66.6 cm³/mol. The topological polar surface area (TPSA) is 75.2 Å². The van der Waals surface area contributed by atoms with E-state index in [-0.39, 0.29) is 11.5 Å². The van der Waals surface area contributed by atoms with Gasteiger partial charge in [0.15, 0.2) is 0 Å². The van der Waals surface area contributed by atoms with Gasteiger partial charge in [0, 0.05) is 26.3 Å². The van der Waals surface area contributed by atoms with Crippen molar-refractivity contribution in [1.29, 1.82) is 0 Å². The van der Waals surface area contributed by atoms with Crippen LogP contribution in [-0.2, 0) is 7.05 Å². The fraction of sp³-hybridized carbons (Fsp3) is 0.583. The Morgan fingerprint density at radius 1 is 1.33 bits per heavy atom. The second kappa shape index (κ2) is 4.80. The van der Waals surface area contributed by atoms with Crippen LogP contribution in [0, 0.1) is 5.92 Å². The van der Waals surface area contributed by atoms with Gasteiger partial charge in [-0.2, -0.15) is 0 Å². The summed E-state index contributed by atoms with van der Waals surface area (Å²) in [7, 11) is 1.51. The number of likely N-dealkylation sites (tertiary alicyclic amines) is 1. The van der Waals surface area contributed by atoms with E-state index < -0.39 is 11.2 Å². The van der Waals surface area contributed by atoms with Crippen LogP contribution in [0.5, 0.6) is 0 Å². The molecule has 6 nitrogen and oxygen atoms in total. The molecule has 1 N–H and O–H groups in total. The Labute approximate surface area is 104 Å². The Bertz CT molecular complexity index is 565. The number of piperidine rings is 1. The molecule has 1 aliphatic heterocycles. The minimum atomic E-state index is -0.610. The monoisotopic (exact) mass is 251 g/mol. The Balaban J connectivity index is 2.27. The number of H-pyrrole nitrogens is 1. The molecule has 0 atom stereocenters. The number of carbonyl (C=O) groups excluding carboxylic acids is 1. The van der Waals surface area contributed by atoms with Crippen LogP contribution in [0.25, 0.3) is 0 Å². The number of aromatic nitrogens is 2. The maximum Gasteiger partial charge on any atom is 0.328 e. The molecule has 0 saturated carbocycles. The van der Waals surface area contributed by atoms with Crippen LogP contribution in [0.2, 0.25) is 0 Å². The lowest BCUT2D eigenvalue weighted by atomic mass is 9.99. The number of hydrogen-bond donors (Lipinski definition) is 1. The molecule has 0 aliphatic carbocycles. The van der Waals surface area contributed by atoms with Crippen LogP contribution in [-0.4, -0.2) is 33.4 Å². The van der Waals surface area contributed by atoms with E-state index in [1.54, 1.807) is 4.90 Å². The minimum Gasteiger partial charge on any atom is -0.338 e. The van der Waals surface area contributed by atoms with Crippen LogP contribution in [0.1, 0.15) is 30.1 Å². The third kappa shape index (κ3) is 2.37. The Morgan fingerprint density at radius 3 is 2.56 bits per heavy atom. The van der Waals surface area contributed by atoms with E-state index in [2.05, 4.69) is 11.9 Å². The maximum atomic E-state index is 12.2. The molecule has 0 radical (unpaired) electrons. The van der Waals surface area contributed by atoms with Crippen molar-refractivity contribution in [3.05, 3.63) is 32.6 Å². The maximum absolute atomic E-state index is 12.2. The summed E-state index contributed by atoms with van der Waals surface area (Å²) in [5, 5.41) is 0. The lowest BCUT2D eigenvalue weighted by molar-refractivity contribution is 0.0694. The number of aryl methyl sites for hydroxylation is 1. The molecule has 1 aliphatic rings.